The second-order valence-corrected chi connectivity index (χ2v) is 11.7. The SMILES string of the molecule is CC1CCN(S(=O)(=O)c2cccc(-c3nn(-c4ccccc4)cc3/C=C(\C#N)C(=O)NCc3ccco3)c2)CC1. The molecule has 0 saturated carbocycles. The number of aromatic nitrogens is 2. The maximum Gasteiger partial charge on any atom is 0.262 e. The molecule has 204 valence electrons. The molecule has 2 aromatic heterocycles. The summed E-state index contributed by atoms with van der Waals surface area (Å²) in [6.07, 6.45) is 6.34. The van der Waals surface area contributed by atoms with Crippen molar-refractivity contribution in [2.24, 2.45) is 5.92 Å². The number of nitriles is 1. The molecular formula is C30H29N5O4S. The molecule has 5 rings (SSSR count). The zero-order valence-electron chi connectivity index (χ0n) is 22.0. The molecule has 4 aromatic rings. The van der Waals surface area contributed by atoms with Gasteiger partial charge in [0.1, 0.15) is 23.1 Å². The van der Waals surface area contributed by atoms with Gasteiger partial charge in [0.15, 0.2) is 0 Å². The molecular weight excluding hydrogens is 526 g/mol. The number of para-hydroxylation sites is 1. The molecule has 1 amide bonds. The number of benzene rings is 2. The second kappa shape index (κ2) is 11.7. The van der Waals surface area contributed by atoms with Crippen LogP contribution in [0.1, 0.15) is 31.1 Å². The third-order valence-electron chi connectivity index (χ3n) is 6.92. The number of carbonyl (C=O) groups excluding carboxylic acids is 1. The fourth-order valence-electron chi connectivity index (χ4n) is 4.59. The molecule has 0 spiro atoms. The van der Waals surface area contributed by atoms with Crippen LogP contribution in [0.15, 0.2) is 94.1 Å². The smallest absolute Gasteiger partial charge is 0.262 e. The van der Waals surface area contributed by atoms with Gasteiger partial charge in [0, 0.05) is 30.4 Å². The number of rotatable bonds is 8. The molecule has 2 aromatic carbocycles. The lowest BCUT2D eigenvalue weighted by Crippen LogP contribution is -2.37. The van der Waals surface area contributed by atoms with Crippen molar-refractivity contribution in [1.29, 1.82) is 5.26 Å². The Bertz CT molecular complexity index is 1660. The lowest BCUT2D eigenvalue weighted by molar-refractivity contribution is -0.117. The van der Waals surface area contributed by atoms with Crippen LogP contribution in [0, 0.1) is 17.2 Å². The van der Waals surface area contributed by atoms with Crippen LogP contribution < -0.4 is 5.32 Å². The Morgan fingerprint density at radius 1 is 1.12 bits per heavy atom. The van der Waals surface area contributed by atoms with Gasteiger partial charge in [-0.3, -0.25) is 4.79 Å². The van der Waals surface area contributed by atoms with Gasteiger partial charge in [0.2, 0.25) is 10.0 Å². The quantitative estimate of drug-likeness (QED) is 0.247. The van der Waals surface area contributed by atoms with Crippen LogP contribution in [-0.4, -0.2) is 41.5 Å². The summed E-state index contributed by atoms with van der Waals surface area (Å²) >= 11 is 0. The van der Waals surface area contributed by atoms with E-state index in [1.807, 2.05) is 36.4 Å². The van der Waals surface area contributed by atoms with E-state index in [1.54, 1.807) is 47.3 Å². The van der Waals surface area contributed by atoms with Crippen molar-refractivity contribution in [2.75, 3.05) is 13.1 Å². The molecule has 3 heterocycles. The molecule has 0 aliphatic carbocycles. The van der Waals surface area contributed by atoms with Crippen molar-refractivity contribution >= 4 is 22.0 Å². The second-order valence-electron chi connectivity index (χ2n) is 9.76. The molecule has 9 nitrogen and oxygen atoms in total. The van der Waals surface area contributed by atoms with Crippen LogP contribution in [0.25, 0.3) is 23.0 Å². The number of hydrogen-bond acceptors (Lipinski definition) is 6. The van der Waals surface area contributed by atoms with Crippen molar-refractivity contribution in [3.8, 4) is 23.0 Å². The number of nitrogens with zero attached hydrogens (tertiary/aromatic N) is 4. The van der Waals surface area contributed by atoms with Crippen molar-refractivity contribution < 1.29 is 17.6 Å². The minimum atomic E-state index is -3.69. The first-order valence-electron chi connectivity index (χ1n) is 13.0. The molecule has 1 fully saturated rings. The summed E-state index contributed by atoms with van der Waals surface area (Å²) in [6.45, 7) is 3.25. The van der Waals surface area contributed by atoms with Gasteiger partial charge in [-0.2, -0.15) is 14.7 Å². The van der Waals surface area contributed by atoms with E-state index in [-0.39, 0.29) is 17.0 Å². The van der Waals surface area contributed by atoms with E-state index < -0.39 is 15.9 Å². The van der Waals surface area contributed by atoms with Gasteiger partial charge in [-0.1, -0.05) is 37.3 Å². The summed E-state index contributed by atoms with van der Waals surface area (Å²) < 4.78 is 35.3. The third-order valence-corrected chi connectivity index (χ3v) is 8.81. The Morgan fingerprint density at radius 2 is 1.90 bits per heavy atom. The Hall–Kier alpha value is -4.46. The molecule has 0 bridgehead atoms. The van der Waals surface area contributed by atoms with Gasteiger partial charge in [0.05, 0.1) is 23.4 Å². The van der Waals surface area contributed by atoms with Crippen molar-refractivity contribution in [2.45, 2.75) is 31.2 Å². The molecule has 1 N–H and O–H groups in total. The zero-order valence-corrected chi connectivity index (χ0v) is 22.8. The highest BCUT2D eigenvalue weighted by molar-refractivity contribution is 7.89. The van der Waals surface area contributed by atoms with E-state index in [1.165, 1.54) is 16.6 Å². The van der Waals surface area contributed by atoms with Crippen LogP contribution in [0.4, 0.5) is 0 Å². The maximum atomic E-state index is 13.5. The predicted molar refractivity (Wildman–Crippen MR) is 150 cm³/mol. The number of amides is 1. The van der Waals surface area contributed by atoms with E-state index in [0.717, 1.165) is 18.5 Å². The van der Waals surface area contributed by atoms with Crippen LogP contribution in [0.3, 0.4) is 0 Å². The molecule has 40 heavy (non-hydrogen) atoms. The minimum absolute atomic E-state index is 0.119. The first-order valence-corrected chi connectivity index (χ1v) is 14.5. The lowest BCUT2D eigenvalue weighted by Gasteiger charge is -2.29. The number of piperidine rings is 1. The molecule has 0 radical (unpaired) electrons. The topological polar surface area (TPSA) is 121 Å². The zero-order chi connectivity index (χ0) is 28.1. The van der Waals surface area contributed by atoms with E-state index in [2.05, 4.69) is 12.2 Å². The molecule has 1 aliphatic rings. The summed E-state index contributed by atoms with van der Waals surface area (Å²) in [6, 6.07) is 21.5. The van der Waals surface area contributed by atoms with Gasteiger partial charge in [0.25, 0.3) is 5.91 Å². The number of nitrogens with one attached hydrogen (secondary N) is 1. The number of hydrogen-bond donors (Lipinski definition) is 1. The lowest BCUT2D eigenvalue weighted by atomic mass is 10.0. The Morgan fingerprint density at radius 3 is 2.60 bits per heavy atom. The minimum Gasteiger partial charge on any atom is -0.467 e. The highest BCUT2D eigenvalue weighted by Crippen LogP contribution is 2.30. The van der Waals surface area contributed by atoms with E-state index >= 15 is 0 Å². The number of furan rings is 1. The predicted octanol–water partition coefficient (Wildman–Crippen LogP) is 4.78. The van der Waals surface area contributed by atoms with Crippen LogP contribution in [0.5, 0.6) is 0 Å². The van der Waals surface area contributed by atoms with Crippen LogP contribution in [-0.2, 0) is 21.4 Å². The molecule has 1 saturated heterocycles. The summed E-state index contributed by atoms with van der Waals surface area (Å²) in [4.78, 5) is 13.0. The first-order chi connectivity index (χ1) is 19.3. The Labute approximate surface area is 233 Å². The summed E-state index contributed by atoms with van der Waals surface area (Å²) in [5, 5.41) is 17.2. The molecule has 0 atom stereocenters. The maximum absolute atomic E-state index is 13.5. The monoisotopic (exact) mass is 555 g/mol. The average Bonchev–Trinajstić information content (AvgIpc) is 3.66. The fraction of sp³-hybridized carbons (Fsp3) is 0.233. The normalized spacial score (nSPS) is 15.1. The van der Waals surface area contributed by atoms with Gasteiger partial charge < -0.3 is 9.73 Å². The van der Waals surface area contributed by atoms with Gasteiger partial charge >= 0.3 is 0 Å². The van der Waals surface area contributed by atoms with Gasteiger partial charge in [-0.25, -0.2) is 13.1 Å². The highest BCUT2D eigenvalue weighted by Gasteiger charge is 2.28. The summed E-state index contributed by atoms with van der Waals surface area (Å²) in [5.74, 6) is 0.497. The third kappa shape index (κ3) is 5.91. The number of carbonyl (C=O) groups is 1. The number of sulfonamides is 1. The van der Waals surface area contributed by atoms with E-state index in [9.17, 15) is 18.5 Å². The van der Waals surface area contributed by atoms with Crippen molar-refractivity contribution in [3.63, 3.8) is 0 Å². The highest BCUT2D eigenvalue weighted by atomic mass is 32.2. The fourth-order valence-corrected chi connectivity index (χ4v) is 6.10. The van der Waals surface area contributed by atoms with Gasteiger partial charge in [-0.15, -0.1) is 0 Å². The molecule has 10 heteroatoms. The summed E-state index contributed by atoms with van der Waals surface area (Å²) in [5.41, 5.74) is 2.15. The molecule has 0 unspecified atom stereocenters. The van der Waals surface area contributed by atoms with Gasteiger partial charge in [-0.05, 0) is 61.2 Å². The van der Waals surface area contributed by atoms with Crippen LogP contribution >= 0.6 is 0 Å². The standard InChI is InChI=1S/C30H29N5O4S/c1-22-12-14-34(15-13-22)40(37,38)28-11-5-7-23(18-28)29-25(21-35(33-29)26-8-3-2-4-9-26)17-24(19-31)30(36)32-20-27-10-6-16-39-27/h2-11,16-18,21-22H,12-15,20H2,1H3,(H,32,36)/b24-17+. The Balaban J connectivity index is 1.52. The van der Waals surface area contributed by atoms with Crippen molar-refractivity contribution in [1.82, 2.24) is 19.4 Å². The Kier molecular flexibility index (Phi) is 7.96. The van der Waals surface area contributed by atoms with Crippen LogP contribution in [0.2, 0.25) is 0 Å². The van der Waals surface area contributed by atoms with Crippen molar-refractivity contribution in [3.05, 3.63) is 96.1 Å². The van der Waals surface area contributed by atoms with E-state index in [4.69, 9.17) is 9.52 Å². The van der Waals surface area contributed by atoms with E-state index in [0.29, 0.717) is 41.6 Å². The molecule has 1 aliphatic heterocycles. The first kappa shape index (κ1) is 27.1. The average molecular weight is 556 g/mol. The largest absolute Gasteiger partial charge is 0.467 e. The summed E-state index contributed by atoms with van der Waals surface area (Å²) in [7, 11) is -3.69.